The maximum Gasteiger partial charge on any atom is 0.123 e. The van der Waals surface area contributed by atoms with Gasteiger partial charge in [-0.25, -0.2) is 9.97 Å². The second-order valence-electron chi connectivity index (χ2n) is 20.2. The predicted octanol–water partition coefficient (Wildman–Crippen LogP) is 20.2. The molecule has 2 aromatic carbocycles. The Morgan fingerprint density at radius 1 is 0.338 bits per heavy atom. The number of halogens is 2. The molecule has 7 rings (SSSR count). The van der Waals surface area contributed by atoms with Gasteiger partial charge in [0, 0.05) is 34.3 Å². The van der Waals surface area contributed by atoms with E-state index >= 15 is 0 Å². The Balaban J connectivity index is 1.29. The molecule has 0 saturated heterocycles. The molecular formula is C64H84I2N4O4. The smallest absolute Gasteiger partial charge is 0.123 e. The number of benzene rings is 2. The van der Waals surface area contributed by atoms with Gasteiger partial charge >= 0.3 is 0 Å². The van der Waals surface area contributed by atoms with Crippen LogP contribution in [0.15, 0.2) is 60.7 Å². The largest absolute Gasteiger partial charge is 0.493 e. The topological polar surface area (TPSA) is 94.3 Å². The standard InChI is InChI=1S/C64H84I2N4O4/c1-5-9-13-17-21-25-37-71-49-41-47(42-50(45-49)72-38-26-22-18-14-10-6-2)61-53-29-33-57(67-53)63(65)59-35-31-55(69-59)62(56-32-36-60(70-56)64(66)58-34-30-54(61)68-58)48-43-51(73-39-27-23-19-15-11-7-3)46-52(44-48)74-40-28-24-20-16-12-8-4/h29-36,41-46,67,70H,5-28,37-40H2,1-4H3. The highest BCUT2D eigenvalue weighted by atomic mass is 127. The van der Waals surface area contributed by atoms with E-state index in [1.54, 1.807) is 0 Å². The molecule has 5 heterocycles. The summed E-state index contributed by atoms with van der Waals surface area (Å²) in [7, 11) is 0. The number of nitrogens with zero attached hydrogens (tertiary/aromatic N) is 2. The Labute approximate surface area is 471 Å². The first-order valence-corrected chi connectivity index (χ1v) is 30.8. The number of rotatable bonds is 34. The first-order chi connectivity index (χ1) is 36.4. The lowest BCUT2D eigenvalue weighted by Crippen LogP contribution is -2.01. The highest BCUT2D eigenvalue weighted by Gasteiger charge is 2.19. The summed E-state index contributed by atoms with van der Waals surface area (Å²) in [5, 5.41) is 0. The van der Waals surface area contributed by atoms with Crippen LogP contribution >= 0.6 is 45.2 Å². The van der Waals surface area contributed by atoms with Gasteiger partial charge in [0.05, 0.1) is 67.4 Å². The van der Waals surface area contributed by atoms with E-state index in [0.717, 1.165) is 123 Å². The summed E-state index contributed by atoms with van der Waals surface area (Å²) in [5.74, 6) is 3.28. The third-order valence-electron chi connectivity index (χ3n) is 14.0. The molecule has 3 aromatic heterocycles. The van der Waals surface area contributed by atoms with Crippen molar-refractivity contribution in [3.05, 3.63) is 90.6 Å². The van der Waals surface area contributed by atoms with Gasteiger partial charge in [-0.1, -0.05) is 156 Å². The molecule has 0 radical (unpaired) electrons. The van der Waals surface area contributed by atoms with Crippen LogP contribution in [0.1, 0.15) is 205 Å². The Morgan fingerprint density at radius 3 is 0.919 bits per heavy atom. The van der Waals surface area contributed by atoms with Gasteiger partial charge in [-0.3, -0.25) is 0 Å². The van der Waals surface area contributed by atoms with Crippen LogP contribution in [0.3, 0.4) is 0 Å². The third kappa shape index (κ3) is 17.4. The Kier molecular flexibility index (Phi) is 24.6. The second kappa shape index (κ2) is 31.7. The molecule has 0 aliphatic carbocycles. The minimum absolute atomic E-state index is 0.673. The van der Waals surface area contributed by atoms with Gasteiger partial charge in [-0.15, -0.1) is 0 Å². The van der Waals surface area contributed by atoms with Crippen molar-refractivity contribution < 1.29 is 18.9 Å². The molecule has 2 aliphatic rings. The van der Waals surface area contributed by atoms with Crippen molar-refractivity contribution in [3.63, 3.8) is 0 Å². The summed E-state index contributed by atoms with van der Waals surface area (Å²) >= 11 is 4.91. The van der Waals surface area contributed by atoms with Gasteiger partial charge in [-0.05, 0) is 155 Å². The zero-order valence-electron chi connectivity index (χ0n) is 45.2. The van der Waals surface area contributed by atoms with Gasteiger partial charge in [0.2, 0.25) is 0 Å². The number of H-pyrrole nitrogens is 2. The Bertz CT molecular complexity index is 2500. The third-order valence-corrected chi connectivity index (χ3v) is 16.3. The van der Waals surface area contributed by atoms with Crippen LogP contribution in [0.4, 0.5) is 0 Å². The maximum atomic E-state index is 6.55. The molecule has 398 valence electrons. The molecule has 0 fully saturated rings. The van der Waals surface area contributed by atoms with E-state index in [1.165, 1.54) is 128 Å². The van der Waals surface area contributed by atoms with E-state index in [1.807, 2.05) is 0 Å². The summed E-state index contributed by atoms with van der Waals surface area (Å²) in [4.78, 5) is 18.5. The number of aromatic amines is 2. The van der Waals surface area contributed by atoms with E-state index in [4.69, 9.17) is 28.9 Å². The number of ether oxygens (including phenoxy) is 4. The molecule has 0 atom stereocenters. The fourth-order valence-electron chi connectivity index (χ4n) is 9.80. The summed E-state index contributed by atoms with van der Waals surface area (Å²) in [6.45, 7) is 11.8. The number of aromatic nitrogens is 4. The number of nitrogens with one attached hydrogen (secondary N) is 2. The van der Waals surface area contributed by atoms with E-state index in [-0.39, 0.29) is 0 Å². The van der Waals surface area contributed by atoms with Crippen molar-refractivity contribution in [1.29, 1.82) is 0 Å². The highest BCUT2D eigenvalue weighted by molar-refractivity contribution is 14.1. The average Bonchev–Trinajstić information content (AvgIpc) is 4.27. The normalized spacial score (nSPS) is 12.0. The van der Waals surface area contributed by atoms with Crippen molar-refractivity contribution in [2.75, 3.05) is 26.4 Å². The Morgan fingerprint density at radius 2 is 0.608 bits per heavy atom. The van der Waals surface area contributed by atoms with Crippen LogP contribution in [0.25, 0.3) is 68.6 Å². The fourth-order valence-corrected chi connectivity index (χ4v) is 11.0. The molecule has 0 amide bonds. The SMILES string of the molecule is CCCCCCCCOc1cc(OCCCCCCCC)cc(-c2c3nc(c(I)c4ccc([nH]4)c(-c4cc(OCCCCCCCC)cc(OCCCCCCCC)c4)c4nc(c(I)c5ccc2[nH]5)C=C4)C=C3)c1. The van der Waals surface area contributed by atoms with E-state index < -0.39 is 0 Å². The minimum Gasteiger partial charge on any atom is -0.493 e. The lowest BCUT2D eigenvalue weighted by atomic mass is 10.0. The maximum absolute atomic E-state index is 6.55. The Hall–Kier alpha value is -4.30. The van der Waals surface area contributed by atoms with Gasteiger partial charge in [0.25, 0.3) is 0 Å². The van der Waals surface area contributed by atoms with Crippen molar-refractivity contribution in [2.24, 2.45) is 0 Å². The van der Waals surface area contributed by atoms with E-state index in [2.05, 4.69) is 168 Å². The molecule has 0 saturated carbocycles. The molecule has 0 spiro atoms. The first-order valence-electron chi connectivity index (χ1n) is 28.7. The number of fused-ring (bicyclic) bond motifs is 8. The zero-order valence-corrected chi connectivity index (χ0v) is 49.5. The van der Waals surface area contributed by atoms with E-state index in [0.29, 0.717) is 26.4 Å². The molecule has 8 bridgehead atoms. The van der Waals surface area contributed by atoms with Crippen LogP contribution in [-0.4, -0.2) is 46.4 Å². The summed E-state index contributed by atoms with van der Waals surface area (Å²) < 4.78 is 28.3. The summed E-state index contributed by atoms with van der Waals surface area (Å²) in [6, 6.07) is 21.5. The minimum atomic E-state index is 0.673. The van der Waals surface area contributed by atoms with E-state index in [9.17, 15) is 0 Å². The molecule has 8 nitrogen and oxygen atoms in total. The summed E-state index contributed by atoms with van der Waals surface area (Å²) in [5.41, 5.74) is 11.4. The molecule has 5 aromatic rings. The summed E-state index contributed by atoms with van der Waals surface area (Å²) in [6.07, 6.45) is 37.7. The van der Waals surface area contributed by atoms with Gasteiger partial charge in [-0.2, -0.15) is 0 Å². The fraction of sp³-hybridized carbons (Fsp3) is 0.500. The van der Waals surface area contributed by atoms with Crippen LogP contribution in [-0.2, 0) is 0 Å². The van der Waals surface area contributed by atoms with Crippen molar-refractivity contribution in [2.45, 2.75) is 182 Å². The molecule has 10 heteroatoms. The lowest BCUT2D eigenvalue weighted by molar-refractivity contribution is 0.289. The first kappa shape index (κ1) is 57.4. The van der Waals surface area contributed by atoms with Crippen molar-refractivity contribution in [3.8, 4) is 45.3 Å². The van der Waals surface area contributed by atoms with Crippen LogP contribution in [0.2, 0.25) is 0 Å². The second-order valence-corrected chi connectivity index (χ2v) is 22.4. The van der Waals surface area contributed by atoms with Gasteiger partial charge < -0.3 is 28.9 Å². The van der Waals surface area contributed by atoms with Crippen LogP contribution in [0, 0.1) is 7.14 Å². The lowest BCUT2D eigenvalue weighted by Gasteiger charge is -2.14. The van der Waals surface area contributed by atoms with Crippen molar-refractivity contribution >= 4 is 91.6 Å². The number of unbranched alkanes of at least 4 members (excludes halogenated alkanes) is 20. The molecule has 2 aliphatic heterocycles. The van der Waals surface area contributed by atoms with Crippen molar-refractivity contribution in [1.82, 2.24) is 19.9 Å². The molecule has 74 heavy (non-hydrogen) atoms. The molecule has 0 unspecified atom stereocenters. The molecular weight excluding hydrogens is 1140 g/mol. The molecule has 2 N–H and O–H groups in total. The highest BCUT2D eigenvalue weighted by Crippen LogP contribution is 2.39. The van der Waals surface area contributed by atoms with Gasteiger partial charge in [0.1, 0.15) is 23.0 Å². The number of hydrogen-bond acceptors (Lipinski definition) is 6. The number of hydrogen-bond donors (Lipinski definition) is 2. The van der Waals surface area contributed by atoms with Crippen LogP contribution in [0.5, 0.6) is 23.0 Å². The van der Waals surface area contributed by atoms with Gasteiger partial charge in [0.15, 0.2) is 0 Å². The zero-order chi connectivity index (χ0) is 51.7. The monoisotopic (exact) mass is 1230 g/mol. The average molecular weight is 1230 g/mol. The van der Waals surface area contributed by atoms with Crippen LogP contribution < -0.4 is 18.9 Å². The quantitative estimate of drug-likeness (QED) is 0.0308. The predicted molar refractivity (Wildman–Crippen MR) is 331 cm³/mol.